The number of carbonyl (C=O) groups is 1. The molecule has 0 spiro atoms. The fourth-order valence-corrected chi connectivity index (χ4v) is 3.22. The summed E-state index contributed by atoms with van der Waals surface area (Å²) in [6, 6.07) is 7.45. The van der Waals surface area contributed by atoms with Crippen LogP contribution >= 0.6 is 0 Å². The van der Waals surface area contributed by atoms with Gasteiger partial charge in [-0.15, -0.1) is 0 Å². The number of Topliss-reactive ketones (excluding diaryl/α,β-unsaturated/α-hetero) is 1. The average molecular weight is 347 g/mol. The first kappa shape index (κ1) is 21.7. The van der Waals surface area contributed by atoms with Gasteiger partial charge in [-0.05, 0) is 30.7 Å². The maximum atomic E-state index is 12.1. The molecule has 0 saturated heterocycles. The van der Waals surface area contributed by atoms with E-state index in [0.29, 0.717) is 6.42 Å². The first-order chi connectivity index (χ1) is 12.3. The number of benzene rings is 1. The zero-order valence-electron chi connectivity index (χ0n) is 16.5. The largest absolute Gasteiger partial charge is 0.497 e. The zero-order valence-corrected chi connectivity index (χ0v) is 16.5. The van der Waals surface area contributed by atoms with E-state index in [1.807, 2.05) is 24.3 Å². The summed E-state index contributed by atoms with van der Waals surface area (Å²) in [6.07, 6.45) is 18.0. The van der Waals surface area contributed by atoms with Gasteiger partial charge in [0.1, 0.15) is 5.75 Å². The van der Waals surface area contributed by atoms with Gasteiger partial charge in [-0.25, -0.2) is 0 Å². The third-order valence-corrected chi connectivity index (χ3v) is 4.92. The minimum Gasteiger partial charge on any atom is -0.497 e. The van der Waals surface area contributed by atoms with E-state index in [9.17, 15) is 4.79 Å². The Morgan fingerprint density at radius 3 is 1.60 bits per heavy atom. The molecule has 0 aliphatic rings. The van der Waals surface area contributed by atoms with Crippen molar-refractivity contribution < 1.29 is 9.53 Å². The van der Waals surface area contributed by atoms with Crippen LogP contribution in [0.3, 0.4) is 0 Å². The van der Waals surface area contributed by atoms with Gasteiger partial charge in [0.2, 0.25) is 0 Å². The van der Waals surface area contributed by atoms with Crippen LogP contribution in [0.5, 0.6) is 5.75 Å². The molecule has 25 heavy (non-hydrogen) atoms. The van der Waals surface area contributed by atoms with E-state index in [-0.39, 0.29) is 5.78 Å². The summed E-state index contributed by atoms with van der Waals surface area (Å²) < 4.78 is 5.12. The Balaban J connectivity index is 1.90. The monoisotopic (exact) mass is 346 g/mol. The molecule has 0 N–H and O–H groups in total. The van der Waals surface area contributed by atoms with Crippen LogP contribution in [-0.4, -0.2) is 12.9 Å². The van der Waals surface area contributed by atoms with Gasteiger partial charge >= 0.3 is 0 Å². The van der Waals surface area contributed by atoms with Crippen molar-refractivity contribution in [3.8, 4) is 5.75 Å². The Labute approximate surface area is 155 Å². The standard InChI is InChI=1S/C23H38O2/c1-3-4-5-6-7-8-9-10-11-12-13-14-15-16-23(24)21-17-19-22(25-2)20-18-21/h17-20H,3-16H2,1-2H3. The Kier molecular flexibility index (Phi) is 13.0. The summed E-state index contributed by atoms with van der Waals surface area (Å²) >= 11 is 0. The van der Waals surface area contributed by atoms with Crippen LogP contribution in [0.15, 0.2) is 24.3 Å². The van der Waals surface area contributed by atoms with Crippen LogP contribution in [0.2, 0.25) is 0 Å². The first-order valence-electron chi connectivity index (χ1n) is 10.4. The first-order valence-corrected chi connectivity index (χ1v) is 10.4. The lowest BCUT2D eigenvalue weighted by molar-refractivity contribution is 0.0979. The molecule has 0 bridgehead atoms. The predicted octanol–water partition coefficient (Wildman–Crippen LogP) is 7.36. The fourth-order valence-electron chi connectivity index (χ4n) is 3.22. The molecule has 0 aliphatic heterocycles. The molecule has 0 unspecified atom stereocenters. The van der Waals surface area contributed by atoms with Gasteiger partial charge < -0.3 is 4.74 Å². The van der Waals surface area contributed by atoms with Gasteiger partial charge in [0, 0.05) is 12.0 Å². The molecule has 2 nitrogen and oxygen atoms in total. The van der Waals surface area contributed by atoms with E-state index >= 15 is 0 Å². The van der Waals surface area contributed by atoms with Crippen molar-refractivity contribution in [2.24, 2.45) is 0 Å². The molecule has 1 aromatic rings. The molecule has 0 fully saturated rings. The Bertz CT molecular complexity index is 436. The molecule has 0 aromatic heterocycles. The number of hydrogen-bond acceptors (Lipinski definition) is 2. The van der Waals surface area contributed by atoms with Crippen LogP contribution in [-0.2, 0) is 0 Å². The average Bonchev–Trinajstić information content (AvgIpc) is 2.65. The van der Waals surface area contributed by atoms with Crippen LogP contribution in [0.4, 0.5) is 0 Å². The summed E-state index contributed by atoms with van der Waals surface area (Å²) in [7, 11) is 1.64. The topological polar surface area (TPSA) is 26.3 Å². The van der Waals surface area contributed by atoms with Crippen molar-refractivity contribution in [2.45, 2.75) is 96.8 Å². The SMILES string of the molecule is CCCCCCCCCCCCCCCC(=O)c1ccc(OC)cc1. The quantitative estimate of drug-likeness (QED) is 0.231. The van der Waals surface area contributed by atoms with E-state index < -0.39 is 0 Å². The number of unbranched alkanes of at least 4 members (excludes halogenated alkanes) is 12. The molecule has 142 valence electrons. The summed E-state index contributed by atoms with van der Waals surface area (Å²) in [4.78, 5) is 12.1. The van der Waals surface area contributed by atoms with Crippen LogP contribution in [0.1, 0.15) is 107 Å². The molecular weight excluding hydrogens is 308 g/mol. The van der Waals surface area contributed by atoms with Crippen molar-refractivity contribution in [1.29, 1.82) is 0 Å². The van der Waals surface area contributed by atoms with Crippen LogP contribution in [0, 0.1) is 0 Å². The van der Waals surface area contributed by atoms with Gasteiger partial charge in [-0.2, -0.15) is 0 Å². The minimum atomic E-state index is 0.255. The number of ketones is 1. The van der Waals surface area contributed by atoms with Gasteiger partial charge in [0.15, 0.2) is 5.78 Å². The van der Waals surface area contributed by atoms with Gasteiger partial charge in [-0.1, -0.05) is 84.0 Å². The van der Waals surface area contributed by atoms with E-state index in [4.69, 9.17) is 4.74 Å². The molecule has 1 aromatic carbocycles. The highest BCUT2D eigenvalue weighted by Crippen LogP contribution is 2.16. The maximum absolute atomic E-state index is 12.1. The minimum absolute atomic E-state index is 0.255. The zero-order chi connectivity index (χ0) is 18.2. The van der Waals surface area contributed by atoms with Crippen molar-refractivity contribution in [3.63, 3.8) is 0 Å². The highest BCUT2D eigenvalue weighted by atomic mass is 16.5. The normalized spacial score (nSPS) is 10.8. The van der Waals surface area contributed by atoms with Gasteiger partial charge in [0.05, 0.1) is 7.11 Å². The number of carbonyl (C=O) groups excluding carboxylic acids is 1. The molecule has 0 radical (unpaired) electrons. The Morgan fingerprint density at radius 2 is 1.16 bits per heavy atom. The number of methoxy groups -OCH3 is 1. The molecule has 1 rings (SSSR count). The molecular formula is C23H38O2. The number of hydrogen-bond donors (Lipinski definition) is 0. The highest BCUT2D eigenvalue weighted by molar-refractivity contribution is 5.96. The van der Waals surface area contributed by atoms with E-state index in [1.54, 1.807) is 7.11 Å². The van der Waals surface area contributed by atoms with Crippen molar-refractivity contribution in [2.75, 3.05) is 7.11 Å². The molecule has 0 saturated carbocycles. The summed E-state index contributed by atoms with van der Waals surface area (Å²) in [5.41, 5.74) is 0.805. The predicted molar refractivity (Wildman–Crippen MR) is 108 cm³/mol. The van der Waals surface area contributed by atoms with Crippen LogP contribution in [0.25, 0.3) is 0 Å². The third-order valence-electron chi connectivity index (χ3n) is 4.92. The lowest BCUT2D eigenvalue weighted by Crippen LogP contribution is -1.98. The second-order valence-corrected chi connectivity index (χ2v) is 7.14. The second-order valence-electron chi connectivity index (χ2n) is 7.14. The van der Waals surface area contributed by atoms with E-state index in [1.165, 1.54) is 77.0 Å². The smallest absolute Gasteiger partial charge is 0.162 e. The second kappa shape index (κ2) is 15.0. The van der Waals surface area contributed by atoms with Crippen molar-refractivity contribution in [3.05, 3.63) is 29.8 Å². The lowest BCUT2D eigenvalue weighted by atomic mass is 10.0. The van der Waals surface area contributed by atoms with Gasteiger partial charge in [0.25, 0.3) is 0 Å². The maximum Gasteiger partial charge on any atom is 0.162 e. The Hall–Kier alpha value is -1.31. The summed E-state index contributed by atoms with van der Waals surface area (Å²) in [6.45, 7) is 2.27. The van der Waals surface area contributed by atoms with Gasteiger partial charge in [-0.3, -0.25) is 4.79 Å². The van der Waals surface area contributed by atoms with Crippen molar-refractivity contribution >= 4 is 5.78 Å². The summed E-state index contributed by atoms with van der Waals surface area (Å²) in [5.74, 6) is 1.06. The lowest BCUT2D eigenvalue weighted by Gasteiger charge is -2.04. The van der Waals surface area contributed by atoms with Crippen molar-refractivity contribution in [1.82, 2.24) is 0 Å². The third kappa shape index (κ3) is 11.0. The highest BCUT2D eigenvalue weighted by Gasteiger charge is 2.05. The molecule has 0 amide bonds. The molecule has 0 aliphatic carbocycles. The molecule has 0 atom stereocenters. The van der Waals surface area contributed by atoms with E-state index in [0.717, 1.165) is 17.7 Å². The fraction of sp³-hybridized carbons (Fsp3) is 0.696. The Morgan fingerprint density at radius 1 is 0.720 bits per heavy atom. The number of ether oxygens (including phenoxy) is 1. The molecule has 2 heteroatoms. The molecule has 0 heterocycles. The number of rotatable bonds is 16. The summed E-state index contributed by atoms with van der Waals surface area (Å²) in [5, 5.41) is 0. The van der Waals surface area contributed by atoms with E-state index in [2.05, 4.69) is 6.92 Å². The van der Waals surface area contributed by atoms with Crippen LogP contribution < -0.4 is 4.74 Å².